The van der Waals surface area contributed by atoms with E-state index in [0.29, 0.717) is 0 Å². The summed E-state index contributed by atoms with van der Waals surface area (Å²) in [6.07, 6.45) is 3.28. The Balaban J connectivity index is 2.80. The van der Waals surface area contributed by atoms with Gasteiger partial charge in [0.1, 0.15) is 5.82 Å². The van der Waals surface area contributed by atoms with Gasteiger partial charge in [-0.2, -0.15) is 0 Å². The second-order valence-electron chi connectivity index (χ2n) is 5.70. The average Bonchev–Trinajstić information content (AvgIpc) is 2.81. The van der Waals surface area contributed by atoms with Crippen molar-refractivity contribution in [2.75, 3.05) is 0 Å². The molecule has 0 N–H and O–H groups in total. The standard InChI is InChI=1S/C17H25ClN2/c1-6-17(7-2,8-3)20-15-10-9-12(4)11-14(15)19-16(20)13(5)18/h9-11,13H,6-8H2,1-5H3. The Morgan fingerprint density at radius 1 is 1.20 bits per heavy atom. The van der Waals surface area contributed by atoms with Crippen LogP contribution in [0.15, 0.2) is 18.2 Å². The highest BCUT2D eigenvalue weighted by Gasteiger charge is 2.31. The Kier molecular flexibility index (Phi) is 4.43. The normalized spacial score (nSPS) is 13.9. The molecule has 2 rings (SSSR count). The van der Waals surface area contributed by atoms with Gasteiger partial charge < -0.3 is 4.57 Å². The molecular formula is C17H25ClN2. The van der Waals surface area contributed by atoms with E-state index < -0.39 is 0 Å². The van der Waals surface area contributed by atoms with Crippen LogP contribution in [-0.2, 0) is 5.54 Å². The third kappa shape index (κ3) is 2.35. The van der Waals surface area contributed by atoms with Gasteiger partial charge in [0, 0.05) is 5.54 Å². The summed E-state index contributed by atoms with van der Waals surface area (Å²) < 4.78 is 2.40. The average molecular weight is 293 g/mol. The number of fused-ring (bicyclic) bond motifs is 1. The minimum absolute atomic E-state index is 0.0771. The first-order valence-electron chi connectivity index (χ1n) is 7.62. The first-order valence-corrected chi connectivity index (χ1v) is 8.06. The van der Waals surface area contributed by atoms with E-state index in [0.717, 1.165) is 30.6 Å². The van der Waals surface area contributed by atoms with Crippen molar-refractivity contribution in [2.24, 2.45) is 0 Å². The quantitative estimate of drug-likeness (QED) is 0.659. The van der Waals surface area contributed by atoms with Gasteiger partial charge in [0.15, 0.2) is 0 Å². The van der Waals surface area contributed by atoms with Gasteiger partial charge in [-0.15, -0.1) is 11.6 Å². The van der Waals surface area contributed by atoms with Crippen LogP contribution in [0.25, 0.3) is 11.0 Å². The van der Waals surface area contributed by atoms with Crippen LogP contribution in [0.4, 0.5) is 0 Å². The molecule has 0 aliphatic heterocycles. The van der Waals surface area contributed by atoms with E-state index >= 15 is 0 Å². The van der Waals surface area contributed by atoms with E-state index in [-0.39, 0.29) is 10.9 Å². The fourth-order valence-corrected chi connectivity index (χ4v) is 3.35. The molecule has 0 saturated heterocycles. The van der Waals surface area contributed by atoms with Crippen molar-refractivity contribution >= 4 is 22.6 Å². The summed E-state index contributed by atoms with van der Waals surface area (Å²) in [5.74, 6) is 0.998. The van der Waals surface area contributed by atoms with Crippen molar-refractivity contribution in [3.8, 4) is 0 Å². The molecule has 1 heterocycles. The van der Waals surface area contributed by atoms with Crippen molar-refractivity contribution < 1.29 is 0 Å². The molecule has 1 aromatic carbocycles. The molecule has 0 fully saturated rings. The van der Waals surface area contributed by atoms with Gasteiger partial charge in [-0.05, 0) is 50.8 Å². The van der Waals surface area contributed by atoms with Gasteiger partial charge >= 0.3 is 0 Å². The van der Waals surface area contributed by atoms with Crippen LogP contribution in [0.5, 0.6) is 0 Å². The van der Waals surface area contributed by atoms with E-state index in [1.54, 1.807) is 0 Å². The molecule has 0 spiro atoms. The zero-order chi connectivity index (χ0) is 14.9. The van der Waals surface area contributed by atoms with Gasteiger partial charge in [0.2, 0.25) is 0 Å². The Morgan fingerprint density at radius 2 is 1.80 bits per heavy atom. The number of benzene rings is 1. The number of imidazole rings is 1. The van der Waals surface area contributed by atoms with Crippen molar-refractivity contribution in [2.45, 2.75) is 64.8 Å². The number of alkyl halides is 1. The van der Waals surface area contributed by atoms with Gasteiger partial charge in [0.25, 0.3) is 0 Å². The van der Waals surface area contributed by atoms with Crippen LogP contribution in [0.3, 0.4) is 0 Å². The van der Waals surface area contributed by atoms with E-state index in [2.05, 4.69) is 50.5 Å². The molecular weight excluding hydrogens is 268 g/mol. The van der Waals surface area contributed by atoms with Crippen molar-refractivity contribution in [1.29, 1.82) is 0 Å². The molecule has 0 aliphatic carbocycles. The second kappa shape index (κ2) is 5.77. The fourth-order valence-electron chi connectivity index (χ4n) is 3.20. The molecule has 2 aromatic rings. The Hall–Kier alpha value is -1.02. The highest BCUT2D eigenvalue weighted by Crippen LogP contribution is 2.37. The summed E-state index contributed by atoms with van der Waals surface area (Å²) in [6, 6.07) is 6.51. The van der Waals surface area contributed by atoms with Crippen LogP contribution >= 0.6 is 11.6 Å². The molecule has 1 unspecified atom stereocenters. The Morgan fingerprint density at radius 3 is 2.30 bits per heavy atom. The zero-order valence-electron chi connectivity index (χ0n) is 13.2. The van der Waals surface area contributed by atoms with E-state index in [1.807, 2.05) is 6.92 Å². The molecule has 110 valence electrons. The minimum Gasteiger partial charge on any atom is -0.321 e. The molecule has 0 radical (unpaired) electrons. The van der Waals surface area contributed by atoms with Crippen molar-refractivity contribution in [3.63, 3.8) is 0 Å². The topological polar surface area (TPSA) is 17.8 Å². The Bertz CT molecular complexity index is 586. The fraction of sp³-hybridized carbons (Fsp3) is 0.588. The van der Waals surface area contributed by atoms with E-state index in [1.165, 1.54) is 11.1 Å². The van der Waals surface area contributed by atoms with Crippen molar-refractivity contribution in [1.82, 2.24) is 9.55 Å². The number of rotatable bonds is 5. The predicted octanol–water partition coefficient (Wildman–Crippen LogP) is 5.57. The van der Waals surface area contributed by atoms with Gasteiger partial charge in [-0.3, -0.25) is 0 Å². The number of nitrogens with zero attached hydrogens (tertiary/aromatic N) is 2. The second-order valence-corrected chi connectivity index (χ2v) is 6.35. The predicted molar refractivity (Wildman–Crippen MR) is 87.6 cm³/mol. The maximum Gasteiger partial charge on any atom is 0.128 e. The molecule has 0 saturated carbocycles. The van der Waals surface area contributed by atoms with Crippen LogP contribution in [-0.4, -0.2) is 9.55 Å². The third-order valence-electron chi connectivity index (χ3n) is 4.64. The molecule has 0 amide bonds. The molecule has 0 bridgehead atoms. The zero-order valence-corrected chi connectivity index (χ0v) is 14.0. The lowest BCUT2D eigenvalue weighted by Crippen LogP contribution is -2.33. The highest BCUT2D eigenvalue weighted by atomic mass is 35.5. The summed E-state index contributed by atoms with van der Waals surface area (Å²) in [6.45, 7) is 10.9. The van der Waals surface area contributed by atoms with E-state index in [9.17, 15) is 0 Å². The monoisotopic (exact) mass is 292 g/mol. The third-order valence-corrected chi connectivity index (χ3v) is 4.84. The van der Waals surface area contributed by atoms with Crippen LogP contribution < -0.4 is 0 Å². The lowest BCUT2D eigenvalue weighted by Gasteiger charge is -2.35. The molecule has 1 aromatic heterocycles. The van der Waals surface area contributed by atoms with Gasteiger partial charge in [-0.25, -0.2) is 4.98 Å². The van der Waals surface area contributed by atoms with Crippen LogP contribution in [0.2, 0.25) is 0 Å². The molecule has 0 aliphatic rings. The molecule has 2 nitrogen and oxygen atoms in total. The number of aryl methyl sites for hydroxylation is 1. The largest absolute Gasteiger partial charge is 0.321 e. The lowest BCUT2D eigenvalue weighted by atomic mass is 9.89. The first-order chi connectivity index (χ1) is 9.49. The SMILES string of the molecule is CCC(CC)(CC)n1c(C(C)Cl)nc2cc(C)ccc21. The summed E-state index contributed by atoms with van der Waals surface area (Å²) >= 11 is 6.41. The Labute approximate surface area is 127 Å². The highest BCUT2D eigenvalue weighted by molar-refractivity contribution is 6.20. The maximum atomic E-state index is 6.41. The van der Waals surface area contributed by atoms with Crippen LogP contribution in [0, 0.1) is 6.92 Å². The summed E-state index contributed by atoms with van der Waals surface area (Å²) in [5.41, 5.74) is 3.63. The number of hydrogen-bond acceptors (Lipinski definition) is 1. The molecule has 3 heteroatoms. The van der Waals surface area contributed by atoms with Crippen molar-refractivity contribution in [3.05, 3.63) is 29.6 Å². The smallest absolute Gasteiger partial charge is 0.128 e. The van der Waals surface area contributed by atoms with Crippen LogP contribution in [0.1, 0.15) is 63.7 Å². The number of aromatic nitrogens is 2. The number of halogens is 1. The summed E-state index contributed by atoms with van der Waals surface area (Å²) in [7, 11) is 0. The summed E-state index contributed by atoms with van der Waals surface area (Å²) in [4.78, 5) is 4.81. The van der Waals surface area contributed by atoms with Gasteiger partial charge in [0.05, 0.1) is 16.4 Å². The minimum atomic E-state index is -0.0771. The molecule has 20 heavy (non-hydrogen) atoms. The summed E-state index contributed by atoms with van der Waals surface area (Å²) in [5, 5.41) is -0.0771. The lowest BCUT2D eigenvalue weighted by molar-refractivity contribution is 0.251. The number of hydrogen-bond donors (Lipinski definition) is 0. The van der Waals surface area contributed by atoms with E-state index in [4.69, 9.17) is 16.6 Å². The maximum absolute atomic E-state index is 6.41. The molecule has 1 atom stereocenters. The first kappa shape index (κ1) is 15.4. The van der Waals surface area contributed by atoms with Gasteiger partial charge in [-0.1, -0.05) is 26.8 Å².